The molecule has 86 valence electrons. The van der Waals surface area contributed by atoms with Crippen molar-refractivity contribution in [1.29, 1.82) is 0 Å². The molecular weight excluding hydrogens is 210 g/mol. The Morgan fingerprint density at radius 1 is 1.67 bits per heavy atom. The van der Waals surface area contributed by atoms with Crippen LogP contribution in [0.3, 0.4) is 0 Å². The van der Waals surface area contributed by atoms with E-state index in [1.165, 1.54) is 0 Å². The van der Waals surface area contributed by atoms with E-state index in [1.54, 1.807) is 4.68 Å². The van der Waals surface area contributed by atoms with Gasteiger partial charge in [0.15, 0.2) is 0 Å². The third-order valence-corrected chi connectivity index (χ3v) is 3.15. The van der Waals surface area contributed by atoms with Crippen molar-refractivity contribution in [1.82, 2.24) is 15.1 Å². The lowest BCUT2D eigenvalue weighted by Gasteiger charge is -2.08. The number of nitrogens with zero attached hydrogens (tertiary/aromatic N) is 2. The highest BCUT2D eigenvalue weighted by molar-refractivity contribution is 7.99. The second-order valence-corrected chi connectivity index (χ2v) is 4.79. The minimum atomic E-state index is 0.137. The van der Waals surface area contributed by atoms with Gasteiger partial charge in [0, 0.05) is 30.1 Å². The second-order valence-electron chi connectivity index (χ2n) is 3.51. The summed E-state index contributed by atoms with van der Waals surface area (Å²) in [6.45, 7) is 4.76. The Hall–Kier alpha value is -0.520. The van der Waals surface area contributed by atoms with E-state index in [-0.39, 0.29) is 6.61 Å². The van der Waals surface area contributed by atoms with Crippen LogP contribution in [0.2, 0.25) is 0 Å². The van der Waals surface area contributed by atoms with Gasteiger partial charge in [0.25, 0.3) is 0 Å². The van der Waals surface area contributed by atoms with Crippen molar-refractivity contribution in [3.05, 3.63) is 18.0 Å². The summed E-state index contributed by atoms with van der Waals surface area (Å²) >= 11 is 1.86. The molecule has 1 unspecified atom stereocenters. The number of hydrogen-bond donors (Lipinski definition) is 2. The summed E-state index contributed by atoms with van der Waals surface area (Å²) in [4.78, 5) is 0. The van der Waals surface area contributed by atoms with Gasteiger partial charge in [-0.25, -0.2) is 0 Å². The maximum absolute atomic E-state index is 8.73. The molecule has 0 bridgehead atoms. The summed E-state index contributed by atoms with van der Waals surface area (Å²) in [5.41, 5.74) is 1.16. The maximum atomic E-state index is 8.73. The van der Waals surface area contributed by atoms with Crippen LogP contribution in [-0.4, -0.2) is 39.5 Å². The molecule has 1 aromatic heterocycles. The highest BCUT2D eigenvalue weighted by atomic mass is 32.2. The molecule has 5 heteroatoms. The van der Waals surface area contributed by atoms with Gasteiger partial charge < -0.3 is 10.4 Å². The fraction of sp³-hybridized carbons (Fsp3) is 0.700. The van der Waals surface area contributed by atoms with Crippen LogP contribution in [0, 0.1) is 0 Å². The quantitative estimate of drug-likeness (QED) is 0.723. The Bertz CT molecular complexity index is 277. The molecule has 0 saturated carbocycles. The number of nitrogens with one attached hydrogen (secondary N) is 1. The predicted molar refractivity (Wildman–Crippen MR) is 64.0 cm³/mol. The molecule has 0 aliphatic heterocycles. The van der Waals surface area contributed by atoms with Gasteiger partial charge in [0.1, 0.15) is 0 Å². The molecule has 0 saturated heterocycles. The molecule has 0 spiro atoms. The molecule has 0 amide bonds. The molecule has 0 aliphatic carbocycles. The van der Waals surface area contributed by atoms with Gasteiger partial charge in [-0.3, -0.25) is 4.68 Å². The van der Waals surface area contributed by atoms with Crippen molar-refractivity contribution in [3.8, 4) is 0 Å². The van der Waals surface area contributed by atoms with Gasteiger partial charge in [0.05, 0.1) is 19.3 Å². The summed E-state index contributed by atoms with van der Waals surface area (Å²) in [5.74, 6) is 0. The van der Waals surface area contributed by atoms with Crippen molar-refractivity contribution in [2.75, 3.05) is 19.4 Å². The van der Waals surface area contributed by atoms with Crippen molar-refractivity contribution in [3.63, 3.8) is 0 Å². The van der Waals surface area contributed by atoms with E-state index >= 15 is 0 Å². The number of aromatic nitrogens is 2. The summed E-state index contributed by atoms with van der Waals surface area (Å²) < 4.78 is 1.76. The summed E-state index contributed by atoms with van der Waals surface area (Å²) in [5, 5.41) is 16.9. The number of aliphatic hydroxyl groups excluding tert-OH is 1. The minimum Gasteiger partial charge on any atom is -0.394 e. The van der Waals surface area contributed by atoms with Gasteiger partial charge >= 0.3 is 0 Å². The van der Waals surface area contributed by atoms with Crippen LogP contribution in [0.25, 0.3) is 0 Å². The van der Waals surface area contributed by atoms with E-state index in [4.69, 9.17) is 5.11 Å². The first kappa shape index (κ1) is 12.5. The van der Waals surface area contributed by atoms with Crippen LogP contribution in [0.15, 0.2) is 12.4 Å². The molecule has 2 N–H and O–H groups in total. The minimum absolute atomic E-state index is 0.137. The van der Waals surface area contributed by atoms with Gasteiger partial charge in [-0.2, -0.15) is 16.9 Å². The monoisotopic (exact) mass is 229 g/mol. The van der Waals surface area contributed by atoms with Gasteiger partial charge in [-0.15, -0.1) is 0 Å². The lowest BCUT2D eigenvalue weighted by atomic mass is 10.3. The predicted octanol–water partition coefficient (Wildman–Crippen LogP) is 0.716. The molecule has 0 radical (unpaired) electrons. The van der Waals surface area contributed by atoms with E-state index in [1.807, 2.05) is 24.2 Å². The van der Waals surface area contributed by atoms with E-state index in [9.17, 15) is 0 Å². The molecular formula is C10H19N3OS. The Morgan fingerprint density at radius 2 is 2.47 bits per heavy atom. The van der Waals surface area contributed by atoms with Crippen LogP contribution < -0.4 is 5.32 Å². The van der Waals surface area contributed by atoms with Crippen molar-refractivity contribution >= 4 is 11.8 Å². The van der Waals surface area contributed by atoms with Gasteiger partial charge in [-0.05, 0) is 6.26 Å². The number of rotatable bonds is 7. The fourth-order valence-corrected chi connectivity index (χ4v) is 1.51. The van der Waals surface area contributed by atoms with Crippen molar-refractivity contribution in [2.24, 2.45) is 0 Å². The first-order valence-electron chi connectivity index (χ1n) is 5.12. The normalized spacial score (nSPS) is 13.0. The molecule has 15 heavy (non-hydrogen) atoms. The van der Waals surface area contributed by atoms with Crippen LogP contribution in [0.1, 0.15) is 12.5 Å². The zero-order chi connectivity index (χ0) is 11.1. The SMILES string of the molecule is CSC(C)CNCc1cnn(CCO)c1. The molecule has 1 heterocycles. The highest BCUT2D eigenvalue weighted by Gasteiger charge is 2.00. The van der Waals surface area contributed by atoms with Gasteiger partial charge in [0.2, 0.25) is 0 Å². The first-order chi connectivity index (χ1) is 7.26. The molecule has 0 aliphatic rings. The van der Waals surface area contributed by atoms with Crippen LogP contribution in [0.4, 0.5) is 0 Å². The number of thioether (sulfide) groups is 1. The lowest BCUT2D eigenvalue weighted by molar-refractivity contribution is 0.269. The van der Waals surface area contributed by atoms with E-state index in [2.05, 4.69) is 23.6 Å². The Balaban J connectivity index is 2.25. The largest absolute Gasteiger partial charge is 0.394 e. The Kier molecular flexibility index (Phi) is 5.75. The average molecular weight is 229 g/mol. The third-order valence-electron chi connectivity index (χ3n) is 2.18. The fourth-order valence-electron chi connectivity index (χ4n) is 1.23. The highest BCUT2D eigenvalue weighted by Crippen LogP contribution is 2.03. The second kappa shape index (κ2) is 6.87. The summed E-state index contributed by atoms with van der Waals surface area (Å²) in [6.07, 6.45) is 5.92. The zero-order valence-corrected chi connectivity index (χ0v) is 10.1. The van der Waals surface area contributed by atoms with E-state index in [0.717, 1.165) is 18.7 Å². The molecule has 1 atom stereocenters. The topological polar surface area (TPSA) is 50.1 Å². The number of hydrogen-bond acceptors (Lipinski definition) is 4. The van der Waals surface area contributed by atoms with Crippen LogP contribution in [-0.2, 0) is 13.1 Å². The van der Waals surface area contributed by atoms with Crippen LogP contribution >= 0.6 is 11.8 Å². The maximum Gasteiger partial charge on any atom is 0.0640 e. The Morgan fingerprint density at radius 3 is 3.13 bits per heavy atom. The molecule has 1 rings (SSSR count). The third kappa shape index (κ3) is 4.68. The lowest BCUT2D eigenvalue weighted by Crippen LogP contribution is -2.21. The summed E-state index contributed by atoms with van der Waals surface area (Å²) in [6, 6.07) is 0. The van der Waals surface area contributed by atoms with Crippen molar-refractivity contribution in [2.45, 2.75) is 25.3 Å². The van der Waals surface area contributed by atoms with Crippen LogP contribution in [0.5, 0.6) is 0 Å². The van der Waals surface area contributed by atoms with Crippen molar-refractivity contribution < 1.29 is 5.11 Å². The average Bonchev–Trinajstić information content (AvgIpc) is 2.66. The zero-order valence-electron chi connectivity index (χ0n) is 9.31. The Labute approximate surface area is 95.1 Å². The van der Waals surface area contributed by atoms with E-state index < -0.39 is 0 Å². The molecule has 1 aromatic rings. The smallest absolute Gasteiger partial charge is 0.0640 e. The molecule has 0 fully saturated rings. The standard InChI is InChI=1S/C10H19N3OS/c1-9(15-2)5-11-6-10-7-12-13(8-10)3-4-14/h7-9,11,14H,3-6H2,1-2H3. The van der Waals surface area contributed by atoms with E-state index in [0.29, 0.717) is 11.8 Å². The summed E-state index contributed by atoms with van der Waals surface area (Å²) in [7, 11) is 0. The number of aliphatic hydroxyl groups is 1. The first-order valence-corrected chi connectivity index (χ1v) is 6.40. The van der Waals surface area contributed by atoms with Gasteiger partial charge in [-0.1, -0.05) is 6.92 Å². The molecule has 4 nitrogen and oxygen atoms in total. The molecule has 0 aromatic carbocycles.